The van der Waals surface area contributed by atoms with Crippen molar-refractivity contribution >= 4 is 23.2 Å². The van der Waals surface area contributed by atoms with E-state index < -0.39 is 5.38 Å². The average molecular weight is 269 g/mol. The van der Waals surface area contributed by atoms with Gasteiger partial charge in [0, 0.05) is 26.2 Å². The predicted molar refractivity (Wildman–Crippen MR) is 72.2 cm³/mol. The minimum Gasteiger partial charge on any atom is -0.506 e. The maximum Gasteiger partial charge on any atom is 0.240 e. The summed E-state index contributed by atoms with van der Waals surface area (Å²) in [5.41, 5.74) is 0.823. The number of amides is 1. The molecule has 0 radical (unpaired) electrons. The van der Waals surface area contributed by atoms with Crippen LogP contribution in [-0.2, 0) is 4.79 Å². The Hall–Kier alpha value is -1.42. The molecule has 1 atom stereocenters. The summed E-state index contributed by atoms with van der Waals surface area (Å²) in [6.07, 6.45) is 0. The molecule has 1 saturated heterocycles. The van der Waals surface area contributed by atoms with Crippen LogP contribution in [0.15, 0.2) is 24.3 Å². The van der Waals surface area contributed by atoms with E-state index in [0.717, 1.165) is 5.69 Å². The third-order valence-electron chi connectivity index (χ3n) is 3.15. The summed E-state index contributed by atoms with van der Waals surface area (Å²) < 4.78 is 0. The van der Waals surface area contributed by atoms with Gasteiger partial charge in [0.05, 0.1) is 5.69 Å². The Bertz CT molecular complexity index is 429. The van der Waals surface area contributed by atoms with Gasteiger partial charge in [-0.25, -0.2) is 0 Å². The van der Waals surface area contributed by atoms with Crippen LogP contribution < -0.4 is 4.90 Å². The van der Waals surface area contributed by atoms with Gasteiger partial charge in [0.1, 0.15) is 11.1 Å². The van der Waals surface area contributed by atoms with Gasteiger partial charge < -0.3 is 14.9 Å². The molecule has 5 heteroatoms. The van der Waals surface area contributed by atoms with E-state index in [-0.39, 0.29) is 11.7 Å². The summed E-state index contributed by atoms with van der Waals surface area (Å²) in [4.78, 5) is 15.6. The largest absolute Gasteiger partial charge is 0.506 e. The molecule has 1 aliphatic heterocycles. The van der Waals surface area contributed by atoms with Crippen LogP contribution in [0.4, 0.5) is 5.69 Å². The third-order valence-corrected chi connectivity index (χ3v) is 3.34. The first-order chi connectivity index (χ1) is 8.59. The molecule has 4 nitrogen and oxygen atoms in total. The topological polar surface area (TPSA) is 43.8 Å². The Kier molecular flexibility index (Phi) is 3.97. The number of aromatic hydroxyl groups is 1. The number of hydrogen-bond acceptors (Lipinski definition) is 3. The minimum absolute atomic E-state index is 0.0198. The molecule has 2 rings (SSSR count). The van der Waals surface area contributed by atoms with Gasteiger partial charge >= 0.3 is 0 Å². The van der Waals surface area contributed by atoms with Crippen LogP contribution >= 0.6 is 11.6 Å². The zero-order chi connectivity index (χ0) is 13.1. The van der Waals surface area contributed by atoms with Gasteiger partial charge in [-0.3, -0.25) is 4.79 Å². The first-order valence-corrected chi connectivity index (χ1v) is 6.49. The summed E-state index contributed by atoms with van der Waals surface area (Å²) in [6, 6.07) is 7.26. The molecule has 1 heterocycles. The van der Waals surface area contributed by atoms with Gasteiger partial charge in [0.2, 0.25) is 5.91 Å². The number of piperazine rings is 1. The summed E-state index contributed by atoms with van der Waals surface area (Å²) in [5.74, 6) is 0.261. The highest BCUT2D eigenvalue weighted by molar-refractivity contribution is 6.30. The monoisotopic (exact) mass is 268 g/mol. The van der Waals surface area contributed by atoms with Crippen LogP contribution in [-0.4, -0.2) is 47.5 Å². The number of para-hydroxylation sites is 2. The zero-order valence-electron chi connectivity index (χ0n) is 10.3. The lowest BCUT2D eigenvalue weighted by molar-refractivity contribution is -0.130. The second-order valence-electron chi connectivity index (χ2n) is 4.42. The molecule has 1 fully saturated rings. The van der Waals surface area contributed by atoms with Gasteiger partial charge in [-0.15, -0.1) is 11.6 Å². The molecule has 1 aromatic rings. The van der Waals surface area contributed by atoms with Crippen LogP contribution in [0, 0.1) is 0 Å². The number of alkyl halides is 1. The molecule has 1 aromatic carbocycles. The molecule has 98 valence electrons. The SMILES string of the molecule is C[C@@H](Cl)C(=O)N1CCN(c2ccccc2O)CC1. The highest BCUT2D eigenvalue weighted by atomic mass is 35.5. The van der Waals surface area contributed by atoms with Crippen molar-refractivity contribution in [2.24, 2.45) is 0 Å². The number of hydrogen-bond donors (Lipinski definition) is 1. The number of anilines is 1. The predicted octanol–water partition coefficient (Wildman–Crippen LogP) is 1.67. The number of phenolic OH excluding ortho intramolecular Hbond substituents is 1. The third kappa shape index (κ3) is 2.70. The van der Waals surface area contributed by atoms with Crippen LogP contribution in [0.25, 0.3) is 0 Å². The van der Waals surface area contributed by atoms with E-state index in [0.29, 0.717) is 26.2 Å². The molecular weight excluding hydrogens is 252 g/mol. The number of benzene rings is 1. The Labute approximate surface area is 112 Å². The van der Waals surface area contributed by atoms with E-state index in [4.69, 9.17) is 11.6 Å². The molecule has 18 heavy (non-hydrogen) atoms. The maximum absolute atomic E-state index is 11.7. The lowest BCUT2D eigenvalue weighted by atomic mass is 10.2. The smallest absolute Gasteiger partial charge is 0.240 e. The van der Waals surface area contributed by atoms with Crippen molar-refractivity contribution in [2.45, 2.75) is 12.3 Å². The molecule has 0 bridgehead atoms. The van der Waals surface area contributed by atoms with E-state index in [2.05, 4.69) is 4.90 Å². The highest BCUT2D eigenvalue weighted by Crippen LogP contribution is 2.27. The number of halogens is 1. The molecule has 1 aliphatic rings. The Morgan fingerprint density at radius 2 is 1.89 bits per heavy atom. The fourth-order valence-electron chi connectivity index (χ4n) is 2.15. The van der Waals surface area contributed by atoms with Crippen molar-refractivity contribution in [1.29, 1.82) is 0 Å². The summed E-state index contributed by atoms with van der Waals surface area (Å²) in [5, 5.41) is 9.31. The lowest BCUT2D eigenvalue weighted by Gasteiger charge is -2.36. The molecule has 0 aromatic heterocycles. The minimum atomic E-state index is -0.471. The molecule has 1 N–H and O–H groups in total. The Morgan fingerprint density at radius 3 is 2.44 bits per heavy atom. The first-order valence-electron chi connectivity index (χ1n) is 6.05. The lowest BCUT2D eigenvalue weighted by Crippen LogP contribution is -2.50. The number of carbonyl (C=O) groups is 1. The van der Waals surface area contributed by atoms with Crippen molar-refractivity contribution in [3.05, 3.63) is 24.3 Å². The van der Waals surface area contributed by atoms with E-state index in [1.807, 2.05) is 12.1 Å². The summed E-state index contributed by atoms with van der Waals surface area (Å²) >= 11 is 5.80. The number of nitrogens with zero attached hydrogens (tertiary/aromatic N) is 2. The van der Waals surface area contributed by atoms with E-state index in [1.54, 1.807) is 24.0 Å². The van der Waals surface area contributed by atoms with E-state index in [1.165, 1.54) is 0 Å². The number of phenols is 1. The van der Waals surface area contributed by atoms with Crippen molar-refractivity contribution in [1.82, 2.24) is 4.90 Å². The first kappa shape index (κ1) is 13.0. The van der Waals surface area contributed by atoms with Crippen molar-refractivity contribution < 1.29 is 9.90 Å². The van der Waals surface area contributed by atoms with Gasteiger partial charge in [0.25, 0.3) is 0 Å². The molecular formula is C13H17ClN2O2. The van der Waals surface area contributed by atoms with Crippen LogP contribution in [0.1, 0.15) is 6.92 Å². The Morgan fingerprint density at radius 1 is 1.28 bits per heavy atom. The van der Waals surface area contributed by atoms with E-state index >= 15 is 0 Å². The van der Waals surface area contributed by atoms with E-state index in [9.17, 15) is 9.90 Å². The molecule has 0 unspecified atom stereocenters. The van der Waals surface area contributed by atoms with Crippen LogP contribution in [0.3, 0.4) is 0 Å². The maximum atomic E-state index is 11.7. The fourth-order valence-corrected chi connectivity index (χ4v) is 2.29. The molecule has 0 aliphatic carbocycles. The highest BCUT2D eigenvalue weighted by Gasteiger charge is 2.24. The standard InChI is InChI=1S/C13H17ClN2O2/c1-10(14)13(18)16-8-6-15(7-9-16)11-4-2-3-5-12(11)17/h2-5,10,17H,6-9H2,1H3/t10-/m1/s1. The van der Waals surface area contributed by atoms with Gasteiger partial charge in [-0.1, -0.05) is 12.1 Å². The van der Waals surface area contributed by atoms with Crippen molar-refractivity contribution in [2.75, 3.05) is 31.1 Å². The zero-order valence-corrected chi connectivity index (χ0v) is 11.1. The van der Waals surface area contributed by atoms with Gasteiger partial charge in [0.15, 0.2) is 0 Å². The van der Waals surface area contributed by atoms with Gasteiger partial charge in [-0.2, -0.15) is 0 Å². The molecule has 1 amide bonds. The molecule has 0 saturated carbocycles. The summed E-state index contributed by atoms with van der Waals surface area (Å²) in [7, 11) is 0. The normalized spacial score (nSPS) is 17.7. The van der Waals surface area contributed by atoms with Crippen LogP contribution in [0.5, 0.6) is 5.75 Å². The Balaban J connectivity index is 1.99. The average Bonchev–Trinajstić information content (AvgIpc) is 2.38. The van der Waals surface area contributed by atoms with Crippen LogP contribution in [0.2, 0.25) is 0 Å². The fraction of sp³-hybridized carbons (Fsp3) is 0.462. The van der Waals surface area contributed by atoms with Gasteiger partial charge in [-0.05, 0) is 19.1 Å². The quantitative estimate of drug-likeness (QED) is 0.830. The van der Waals surface area contributed by atoms with Crippen molar-refractivity contribution in [3.63, 3.8) is 0 Å². The number of carbonyl (C=O) groups excluding carboxylic acids is 1. The molecule has 0 spiro atoms. The second-order valence-corrected chi connectivity index (χ2v) is 5.07. The number of rotatable bonds is 2. The second kappa shape index (κ2) is 5.48. The summed E-state index contributed by atoms with van der Waals surface area (Å²) in [6.45, 7) is 4.41. The van der Waals surface area contributed by atoms with Crippen molar-refractivity contribution in [3.8, 4) is 5.75 Å².